The molecule has 0 bridgehead atoms. The third kappa shape index (κ3) is 2.98. The Morgan fingerprint density at radius 1 is 1.53 bits per heavy atom. The predicted molar refractivity (Wildman–Crippen MR) is 71.4 cm³/mol. The van der Waals surface area contributed by atoms with E-state index in [0.717, 1.165) is 11.8 Å². The van der Waals surface area contributed by atoms with Crippen molar-refractivity contribution in [2.45, 2.75) is 9.24 Å². The van der Waals surface area contributed by atoms with E-state index >= 15 is 0 Å². The van der Waals surface area contributed by atoms with E-state index in [4.69, 9.17) is 5.26 Å². The number of anilines is 1. The summed E-state index contributed by atoms with van der Waals surface area (Å²) in [6.45, 7) is 0. The van der Waals surface area contributed by atoms with Crippen LogP contribution in [0.2, 0.25) is 0 Å². The number of nitriles is 1. The number of hydrogen-bond donors (Lipinski definition) is 1. The van der Waals surface area contributed by atoms with Crippen molar-refractivity contribution < 1.29 is 4.92 Å². The van der Waals surface area contributed by atoms with E-state index in [-0.39, 0.29) is 11.3 Å². The molecule has 0 amide bonds. The van der Waals surface area contributed by atoms with Crippen LogP contribution < -0.4 is 5.32 Å². The Morgan fingerprint density at radius 3 is 2.89 bits per heavy atom. The van der Waals surface area contributed by atoms with Crippen molar-refractivity contribution in [3.63, 3.8) is 0 Å². The van der Waals surface area contributed by atoms with Gasteiger partial charge >= 0.3 is 0 Å². The van der Waals surface area contributed by atoms with Gasteiger partial charge in [-0.25, -0.2) is 0 Å². The van der Waals surface area contributed by atoms with E-state index in [1.165, 1.54) is 23.5 Å². The van der Waals surface area contributed by atoms with E-state index in [1.807, 2.05) is 6.07 Å². The van der Waals surface area contributed by atoms with Gasteiger partial charge in [-0.1, -0.05) is 11.3 Å². The van der Waals surface area contributed by atoms with E-state index < -0.39 is 4.92 Å². The zero-order chi connectivity index (χ0) is 13.8. The van der Waals surface area contributed by atoms with Gasteiger partial charge in [0.15, 0.2) is 4.34 Å². The van der Waals surface area contributed by atoms with Gasteiger partial charge in [-0.15, -0.1) is 10.2 Å². The first-order valence-corrected chi connectivity index (χ1v) is 6.65. The highest BCUT2D eigenvalue weighted by Gasteiger charge is 2.17. The van der Waals surface area contributed by atoms with Gasteiger partial charge in [-0.2, -0.15) is 5.26 Å². The van der Waals surface area contributed by atoms with Crippen LogP contribution in [0.25, 0.3) is 0 Å². The summed E-state index contributed by atoms with van der Waals surface area (Å²) in [5.41, 5.74) is 0.148. The van der Waals surface area contributed by atoms with Crippen molar-refractivity contribution in [3.8, 4) is 6.07 Å². The Kier molecular flexibility index (Phi) is 3.94. The normalized spacial score (nSPS) is 9.89. The van der Waals surface area contributed by atoms with Crippen molar-refractivity contribution in [2.24, 2.45) is 0 Å². The Labute approximate surface area is 116 Å². The van der Waals surface area contributed by atoms with Crippen molar-refractivity contribution >= 4 is 33.9 Å². The molecule has 0 aliphatic rings. The molecule has 19 heavy (non-hydrogen) atoms. The molecule has 1 N–H and O–H groups in total. The highest BCUT2D eigenvalue weighted by atomic mass is 32.2. The SMILES string of the molecule is CNc1nnc(Sc2ccc(C#N)cc2[N+](=O)[O-])s1. The van der Waals surface area contributed by atoms with Crippen LogP contribution in [0.15, 0.2) is 27.4 Å². The first-order chi connectivity index (χ1) is 9.13. The van der Waals surface area contributed by atoms with Crippen LogP contribution in [0.4, 0.5) is 10.8 Å². The largest absolute Gasteiger partial charge is 0.363 e. The second-order valence-electron chi connectivity index (χ2n) is 3.28. The highest BCUT2D eigenvalue weighted by Crippen LogP contribution is 2.37. The Bertz CT molecular complexity index is 664. The van der Waals surface area contributed by atoms with Crippen LogP contribution in [0.5, 0.6) is 0 Å². The molecule has 0 unspecified atom stereocenters. The highest BCUT2D eigenvalue weighted by molar-refractivity contribution is 8.01. The van der Waals surface area contributed by atoms with Gasteiger partial charge in [0, 0.05) is 13.1 Å². The number of nitrogens with zero attached hydrogens (tertiary/aromatic N) is 4. The predicted octanol–water partition coefficient (Wildman–Crippen LogP) is 2.51. The molecular weight excluding hydrogens is 286 g/mol. The van der Waals surface area contributed by atoms with Gasteiger partial charge in [-0.3, -0.25) is 10.1 Å². The average molecular weight is 293 g/mol. The molecule has 7 nitrogen and oxygen atoms in total. The van der Waals surface area contributed by atoms with Crippen molar-refractivity contribution in [2.75, 3.05) is 12.4 Å². The molecule has 1 heterocycles. The lowest BCUT2D eigenvalue weighted by molar-refractivity contribution is -0.387. The minimum absolute atomic E-state index is 0.106. The molecular formula is C10H7N5O2S2. The Hall–Kier alpha value is -2.18. The fraction of sp³-hybridized carbons (Fsp3) is 0.100. The standard InChI is InChI=1S/C10H7N5O2S2/c1-12-9-13-14-10(19-9)18-8-3-2-6(5-11)4-7(8)15(16)17/h2-4H,1H3,(H,12,13). The molecule has 1 aromatic heterocycles. The summed E-state index contributed by atoms with van der Waals surface area (Å²) in [5.74, 6) is 0. The number of rotatable bonds is 4. The summed E-state index contributed by atoms with van der Waals surface area (Å²) in [4.78, 5) is 10.9. The second kappa shape index (κ2) is 5.64. The van der Waals surface area contributed by atoms with E-state index in [9.17, 15) is 10.1 Å². The maximum Gasteiger partial charge on any atom is 0.284 e. The topological polar surface area (TPSA) is 105 Å². The summed E-state index contributed by atoms with van der Waals surface area (Å²) in [6.07, 6.45) is 0. The summed E-state index contributed by atoms with van der Waals surface area (Å²) < 4.78 is 0.595. The fourth-order valence-corrected chi connectivity index (χ4v) is 3.01. The molecule has 0 radical (unpaired) electrons. The lowest BCUT2D eigenvalue weighted by atomic mass is 10.2. The van der Waals surface area contributed by atoms with E-state index in [2.05, 4.69) is 15.5 Å². The molecule has 0 atom stereocenters. The van der Waals surface area contributed by atoms with Crippen LogP contribution >= 0.6 is 23.1 Å². The molecule has 0 aliphatic heterocycles. The molecule has 0 spiro atoms. The second-order valence-corrected chi connectivity index (χ2v) is 5.54. The van der Waals surface area contributed by atoms with Crippen molar-refractivity contribution in [1.82, 2.24) is 10.2 Å². The third-order valence-corrected chi connectivity index (χ3v) is 4.16. The number of nitrogens with one attached hydrogen (secondary N) is 1. The quantitative estimate of drug-likeness (QED) is 0.682. The molecule has 0 saturated heterocycles. The molecule has 96 valence electrons. The molecule has 2 rings (SSSR count). The van der Waals surface area contributed by atoms with Gasteiger partial charge in [0.05, 0.1) is 21.5 Å². The molecule has 0 saturated carbocycles. The zero-order valence-electron chi connectivity index (χ0n) is 9.65. The molecule has 9 heteroatoms. The van der Waals surface area contributed by atoms with Gasteiger partial charge in [0.2, 0.25) is 5.13 Å². The van der Waals surface area contributed by atoms with Gasteiger partial charge in [0.25, 0.3) is 5.69 Å². The van der Waals surface area contributed by atoms with Gasteiger partial charge in [0.1, 0.15) is 0 Å². The lowest BCUT2D eigenvalue weighted by Crippen LogP contribution is -1.91. The van der Waals surface area contributed by atoms with Gasteiger partial charge in [-0.05, 0) is 23.9 Å². The average Bonchev–Trinajstić information content (AvgIpc) is 2.86. The van der Waals surface area contributed by atoms with E-state index in [1.54, 1.807) is 13.1 Å². The number of nitro benzene ring substituents is 1. The van der Waals surface area contributed by atoms with Crippen molar-refractivity contribution in [3.05, 3.63) is 33.9 Å². The fourth-order valence-electron chi connectivity index (χ4n) is 1.26. The summed E-state index contributed by atoms with van der Waals surface area (Å²) in [5, 5.41) is 31.0. The lowest BCUT2D eigenvalue weighted by Gasteiger charge is -1.99. The number of hydrogen-bond acceptors (Lipinski definition) is 8. The minimum Gasteiger partial charge on any atom is -0.363 e. The maximum atomic E-state index is 11.0. The van der Waals surface area contributed by atoms with Crippen LogP contribution in [-0.4, -0.2) is 22.2 Å². The minimum atomic E-state index is -0.511. The van der Waals surface area contributed by atoms with E-state index in [0.29, 0.717) is 14.4 Å². The summed E-state index contributed by atoms with van der Waals surface area (Å²) >= 11 is 2.45. The Balaban J connectivity index is 2.34. The molecule has 0 aliphatic carbocycles. The molecule has 1 aromatic carbocycles. The van der Waals surface area contributed by atoms with Crippen LogP contribution in [0.1, 0.15) is 5.56 Å². The first-order valence-electron chi connectivity index (χ1n) is 5.01. The number of nitro groups is 1. The van der Waals surface area contributed by atoms with Crippen molar-refractivity contribution in [1.29, 1.82) is 5.26 Å². The smallest absolute Gasteiger partial charge is 0.284 e. The maximum absolute atomic E-state index is 11.0. The monoisotopic (exact) mass is 293 g/mol. The van der Waals surface area contributed by atoms with Crippen LogP contribution in [0, 0.1) is 21.4 Å². The summed E-state index contributed by atoms with van der Waals surface area (Å²) in [6, 6.07) is 6.21. The molecule has 2 aromatic rings. The molecule has 0 fully saturated rings. The number of aromatic nitrogens is 2. The number of benzene rings is 1. The van der Waals surface area contributed by atoms with Crippen LogP contribution in [-0.2, 0) is 0 Å². The third-order valence-electron chi connectivity index (χ3n) is 2.10. The summed E-state index contributed by atoms with van der Waals surface area (Å²) in [7, 11) is 1.72. The zero-order valence-corrected chi connectivity index (χ0v) is 11.3. The van der Waals surface area contributed by atoms with Crippen LogP contribution in [0.3, 0.4) is 0 Å². The Morgan fingerprint density at radius 2 is 2.32 bits per heavy atom. The van der Waals surface area contributed by atoms with Gasteiger partial charge < -0.3 is 5.32 Å². The first kappa shape index (κ1) is 13.3.